The van der Waals surface area contributed by atoms with Crippen LogP contribution < -0.4 is 35.2 Å². The topological polar surface area (TPSA) is 0 Å². The van der Waals surface area contributed by atoms with Crippen LogP contribution in [-0.4, -0.2) is 11.0 Å². The van der Waals surface area contributed by atoms with Crippen LogP contribution >= 0.6 is 0 Å². The van der Waals surface area contributed by atoms with Gasteiger partial charge in [0, 0.05) is 0 Å². The van der Waals surface area contributed by atoms with Gasteiger partial charge in [-0.15, -0.1) is 48.0 Å². The van der Waals surface area contributed by atoms with Crippen LogP contribution in [0.25, 0.3) is 65.4 Å². The fourth-order valence-corrected chi connectivity index (χ4v) is 15.5. The van der Waals surface area contributed by atoms with Crippen molar-refractivity contribution < 1.29 is 70.8 Å². The van der Waals surface area contributed by atoms with Gasteiger partial charge in [0.05, 0.1) is 0 Å². The smallest absolute Gasteiger partial charge is 1.00 e. The molecule has 0 bridgehead atoms. The third-order valence-corrected chi connectivity index (χ3v) is 23.4. The molecule has 4 aliphatic rings. The first kappa shape index (κ1) is 65.5. The van der Waals surface area contributed by atoms with Gasteiger partial charge in [0.25, 0.3) is 0 Å². The number of hydrogen-bond acceptors (Lipinski definition) is 0. The average molecular weight is 1490 g/mol. The van der Waals surface area contributed by atoms with Crippen molar-refractivity contribution in [3.63, 3.8) is 0 Å². The van der Waals surface area contributed by atoms with Gasteiger partial charge >= 0.3 is 141 Å². The van der Waals surface area contributed by atoms with E-state index in [1.807, 2.05) is 0 Å². The molecule has 0 atom stereocenters. The van der Waals surface area contributed by atoms with E-state index in [-0.39, 0.29) is 35.8 Å². The van der Waals surface area contributed by atoms with E-state index in [0.29, 0.717) is 0 Å². The summed E-state index contributed by atoms with van der Waals surface area (Å²) >= 11 is 2.72. The molecule has 0 amide bonds. The van der Waals surface area contributed by atoms with E-state index in [0.717, 1.165) is 25.7 Å². The molecular formula is C78H68Cl2Hf2Si2-2. The van der Waals surface area contributed by atoms with Crippen molar-refractivity contribution in [3.8, 4) is 0 Å². The predicted molar refractivity (Wildman–Crippen MR) is 351 cm³/mol. The fourth-order valence-electron chi connectivity index (χ4n) is 10.5. The van der Waals surface area contributed by atoms with E-state index in [9.17, 15) is 0 Å². The molecule has 6 heteroatoms. The molecule has 4 aliphatic carbocycles. The largest absolute Gasteiger partial charge is 1.00 e. The van der Waals surface area contributed by atoms with Crippen molar-refractivity contribution in [2.45, 2.75) is 66.5 Å². The minimum Gasteiger partial charge on any atom is -1.00 e. The molecule has 10 aromatic rings. The monoisotopic (exact) mass is 1490 g/mol. The van der Waals surface area contributed by atoms with E-state index in [4.69, 9.17) is 0 Å². The quantitative estimate of drug-likeness (QED) is 0.115. The van der Waals surface area contributed by atoms with E-state index in [2.05, 4.69) is 320 Å². The SMILES string of the molecule is CC1=[C-]CC(c2cccc3ccccc23)=C1.CC1=[C-]CC(c2cccc3ccccc23)=C1.CC1=[C-]CC(c2cccc3ccccc23)=C1.CC1=[C-]CC(c2cccc3ccccc23)=C1.C[Si](=[Hf+2])c1ccccc1.C[Si](=[Hf+2])c1ccccc1.[Cl-].[Cl-]. The molecular weight excluding hydrogens is 1420 g/mol. The molecule has 0 N–H and O–H groups in total. The van der Waals surface area contributed by atoms with Crippen molar-refractivity contribution in [1.82, 2.24) is 0 Å². The first-order chi connectivity index (χ1) is 40.0. The molecule has 0 fully saturated rings. The number of rotatable bonds is 6. The van der Waals surface area contributed by atoms with Crippen LogP contribution in [-0.2, 0) is 46.0 Å². The zero-order chi connectivity index (χ0) is 57.2. The third-order valence-electron chi connectivity index (χ3n) is 14.7. The predicted octanol–water partition coefficient (Wildman–Crippen LogP) is 13.6. The Morgan fingerprint density at radius 2 is 0.476 bits per heavy atom. The second kappa shape index (κ2) is 33.0. The second-order valence-electron chi connectivity index (χ2n) is 20.9. The minimum atomic E-state index is -0.0733. The Labute approximate surface area is 542 Å². The summed E-state index contributed by atoms with van der Waals surface area (Å²) in [6.07, 6.45) is 26.2. The zero-order valence-electron chi connectivity index (χ0n) is 48.8. The standard InChI is InChI=1S/4C16H13.2C7H8Si.2ClH.2Hf/c4*1-12-9-10-14(11-12)16-8-4-6-13-5-2-3-7-15(13)16;2*1-8-7-5-3-2-4-6-7;;;;/h4*2-8,11H,10H2,1H3;2*2-6H,1H3;2*1H;;/q4*-1;;;;;2*+2/p-2. The van der Waals surface area contributed by atoms with E-state index in [1.54, 1.807) is 10.4 Å². The Kier molecular flexibility index (Phi) is 25.7. The van der Waals surface area contributed by atoms with Crippen LogP contribution in [0.3, 0.4) is 0 Å². The molecule has 14 rings (SSSR count). The normalized spacial score (nSPS) is 13.5. The van der Waals surface area contributed by atoms with Crippen LogP contribution in [0.2, 0.25) is 13.1 Å². The maximum Gasteiger partial charge on any atom is -1.00 e. The summed E-state index contributed by atoms with van der Waals surface area (Å²) in [5.41, 5.74) is 15.8. The maximum atomic E-state index is 3.36. The van der Waals surface area contributed by atoms with Gasteiger partial charge in [0.15, 0.2) is 0 Å². The third kappa shape index (κ3) is 18.0. The van der Waals surface area contributed by atoms with Gasteiger partial charge in [-0.25, -0.2) is 46.6 Å². The second-order valence-corrected chi connectivity index (χ2v) is 40.7. The summed E-state index contributed by atoms with van der Waals surface area (Å²) in [5.74, 6) is 0. The summed E-state index contributed by atoms with van der Waals surface area (Å²) in [6, 6.07) is 81.8. The molecule has 0 radical (unpaired) electrons. The summed E-state index contributed by atoms with van der Waals surface area (Å²) < 4.78 is 0. The van der Waals surface area contributed by atoms with E-state index < -0.39 is 0 Å². The van der Waals surface area contributed by atoms with Gasteiger partial charge < -0.3 is 24.8 Å². The Morgan fingerprint density at radius 1 is 0.274 bits per heavy atom. The van der Waals surface area contributed by atoms with Crippen LogP contribution in [0, 0.1) is 24.3 Å². The molecule has 0 aliphatic heterocycles. The van der Waals surface area contributed by atoms with Crippen molar-refractivity contribution in [3.05, 3.63) is 324 Å². The maximum absolute atomic E-state index is 3.36. The van der Waals surface area contributed by atoms with Gasteiger partial charge in [-0.05, 0) is 65.3 Å². The Hall–Kier alpha value is -6.09. The first-order valence-electron chi connectivity index (χ1n) is 28.2. The van der Waals surface area contributed by atoms with E-state index in [1.165, 1.54) is 156 Å². The molecule has 10 aromatic carbocycles. The van der Waals surface area contributed by atoms with Crippen LogP contribution in [0.1, 0.15) is 75.6 Å². The zero-order valence-corrected chi connectivity index (χ0v) is 59.5. The van der Waals surface area contributed by atoms with Gasteiger partial charge in [-0.1, -0.05) is 198 Å². The van der Waals surface area contributed by atoms with Gasteiger partial charge in [-0.3, -0.25) is 24.3 Å². The summed E-state index contributed by atoms with van der Waals surface area (Å²) in [7, 11) is 0. The summed E-state index contributed by atoms with van der Waals surface area (Å²) in [6.45, 7) is 13.2. The molecule has 0 heterocycles. The minimum absolute atomic E-state index is 0. The van der Waals surface area contributed by atoms with Gasteiger partial charge in [-0.2, -0.15) is 0 Å². The van der Waals surface area contributed by atoms with Gasteiger partial charge in [0.1, 0.15) is 0 Å². The molecule has 412 valence electrons. The number of hydrogen-bond donors (Lipinski definition) is 0. The van der Waals surface area contributed by atoms with Gasteiger partial charge in [0.2, 0.25) is 0 Å². The summed E-state index contributed by atoms with van der Waals surface area (Å²) in [5, 5.41) is 13.8. The van der Waals surface area contributed by atoms with Crippen LogP contribution in [0.5, 0.6) is 0 Å². The van der Waals surface area contributed by atoms with Crippen LogP contribution in [0.15, 0.2) is 277 Å². The molecule has 0 saturated carbocycles. The fraction of sp³-hybridized carbons (Fsp3) is 0.128. The first-order valence-corrected chi connectivity index (χ1v) is 43.0. The summed E-state index contributed by atoms with van der Waals surface area (Å²) in [4.78, 5) is 0. The Bertz CT molecular complexity index is 3680. The average Bonchev–Trinajstić information content (AvgIpc) is 4.48. The van der Waals surface area contributed by atoms with E-state index >= 15 is 0 Å². The number of benzene rings is 10. The van der Waals surface area contributed by atoms with Crippen molar-refractivity contribution >= 4 is 86.7 Å². The molecule has 0 nitrogen and oxygen atoms in total. The molecule has 0 spiro atoms. The number of fused-ring (bicyclic) bond motifs is 4. The molecule has 84 heavy (non-hydrogen) atoms. The van der Waals surface area contributed by atoms with Crippen molar-refractivity contribution in [1.29, 1.82) is 0 Å². The Morgan fingerprint density at radius 3 is 0.667 bits per heavy atom. The molecule has 0 saturated heterocycles. The molecule has 0 aromatic heterocycles. The van der Waals surface area contributed by atoms with Crippen molar-refractivity contribution in [2.24, 2.45) is 0 Å². The van der Waals surface area contributed by atoms with Crippen LogP contribution in [0.4, 0.5) is 0 Å². The number of halogens is 2. The van der Waals surface area contributed by atoms with Crippen molar-refractivity contribution in [2.75, 3.05) is 0 Å². The Balaban J connectivity index is 0.000000146. The number of allylic oxidation sites excluding steroid dienone is 16. The molecule has 0 unspecified atom stereocenters.